The fourth-order valence-corrected chi connectivity index (χ4v) is 2.92. The highest BCUT2D eigenvalue weighted by Crippen LogP contribution is 2.37. The molecule has 0 aliphatic heterocycles. The number of aliphatic hydroxyl groups excluding tert-OH is 1. The summed E-state index contributed by atoms with van der Waals surface area (Å²) < 4.78 is 5.54. The lowest BCUT2D eigenvalue weighted by atomic mass is 10.1. The van der Waals surface area contributed by atoms with E-state index in [1.54, 1.807) is 18.2 Å². The van der Waals surface area contributed by atoms with Crippen molar-refractivity contribution in [3.63, 3.8) is 0 Å². The second-order valence-electron chi connectivity index (χ2n) is 6.68. The average Bonchev–Trinajstić information content (AvgIpc) is 3.48. The first-order chi connectivity index (χ1) is 14.6. The van der Waals surface area contributed by atoms with Crippen LogP contribution in [0.4, 0.5) is 17.2 Å². The Kier molecular flexibility index (Phi) is 5.35. The highest BCUT2D eigenvalue weighted by molar-refractivity contribution is 6.02. The lowest BCUT2D eigenvalue weighted by molar-refractivity contribution is -0.117. The van der Waals surface area contributed by atoms with Crippen LogP contribution in [0.5, 0.6) is 5.75 Å². The molecule has 1 saturated carbocycles. The summed E-state index contributed by atoms with van der Waals surface area (Å²) in [7, 11) is 1.51. The van der Waals surface area contributed by atoms with Gasteiger partial charge >= 0.3 is 0 Å². The molecule has 0 unspecified atom stereocenters. The van der Waals surface area contributed by atoms with Crippen molar-refractivity contribution >= 4 is 28.9 Å². The second kappa shape index (κ2) is 8.25. The molecule has 4 rings (SSSR count). The number of aromatic nitrogens is 5. The maximum Gasteiger partial charge on any atom is 0.228 e. The molecule has 1 fully saturated rings. The molecule has 3 aromatic rings. The molecule has 11 nitrogen and oxygen atoms in total. The Bertz CT molecular complexity index is 1080. The largest absolute Gasteiger partial charge is 0.494 e. The van der Waals surface area contributed by atoms with Gasteiger partial charge in [-0.1, -0.05) is 6.07 Å². The predicted octanol–water partition coefficient (Wildman–Crippen LogP) is 1.54. The molecule has 0 spiro atoms. The lowest BCUT2D eigenvalue weighted by Crippen LogP contribution is -2.17. The highest BCUT2D eigenvalue weighted by Gasteiger charge is 2.30. The number of rotatable bonds is 8. The van der Waals surface area contributed by atoms with Crippen LogP contribution < -0.4 is 15.4 Å². The minimum Gasteiger partial charge on any atom is -0.494 e. The van der Waals surface area contributed by atoms with Gasteiger partial charge in [0.1, 0.15) is 12.9 Å². The summed E-state index contributed by atoms with van der Waals surface area (Å²) in [4.78, 5) is 28.3. The number of anilines is 3. The van der Waals surface area contributed by atoms with Crippen LogP contribution in [0.1, 0.15) is 23.3 Å². The molecule has 154 valence electrons. The Labute approximate surface area is 170 Å². The van der Waals surface area contributed by atoms with Crippen molar-refractivity contribution in [2.75, 3.05) is 24.4 Å². The van der Waals surface area contributed by atoms with Gasteiger partial charge in [-0.05, 0) is 25.0 Å². The zero-order valence-corrected chi connectivity index (χ0v) is 16.0. The van der Waals surface area contributed by atoms with E-state index in [4.69, 9.17) is 4.74 Å². The fraction of sp³-hybridized carbons (Fsp3) is 0.263. The molecule has 11 heteroatoms. The Morgan fingerprint density at radius 1 is 1.27 bits per heavy atom. The van der Waals surface area contributed by atoms with E-state index in [1.807, 2.05) is 0 Å². The molecule has 1 aromatic carbocycles. The molecular weight excluding hydrogens is 390 g/mol. The molecule has 4 N–H and O–H groups in total. The first kappa shape index (κ1) is 19.5. The van der Waals surface area contributed by atoms with Crippen LogP contribution in [0.25, 0.3) is 11.4 Å². The number of aliphatic hydroxyl groups is 1. The zero-order chi connectivity index (χ0) is 21.1. The van der Waals surface area contributed by atoms with Crippen LogP contribution in [0.2, 0.25) is 0 Å². The summed E-state index contributed by atoms with van der Waals surface area (Å²) in [5.41, 5.74) is 1.38. The summed E-state index contributed by atoms with van der Waals surface area (Å²) in [6.07, 6.45) is 3.07. The monoisotopic (exact) mass is 409 g/mol. The van der Waals surface area contributed by atoms with E-state index in [1.165, 1.54) is 19.5 Å². The van der Waals surface area contributed by atoms with Crippen LogP contribution in [-0.4, -0.2) is 55.9 Å². The van der Waals surface area contributed by atoms with Gasteiger partial charge in [0, 0.05) is 12.0 Å². The number of ketones is 1. The van der Waals surface area contributed by atoms with E-state index in [0.29, 0.717) is 22.8 Å². The molecule has 1 aliphatic rings. The van der Waals surface area contributed by atoms with Gasteiger partial charge in [-0.15, -0.1) is 10.2 Å². The summed E-state index contributed by atoms with van der Waals surface area (Å²) in [5, 5.41) is 29.5. The Balaban J connectivity index is 1.71. The third-order valence-corrected chi connectivity index (χ3v) is 4.56. The number of nitrogens with zero attached hydrogens (tertiary/aromatic N) is 4. The van der Waals surface area contributed by atoms with E-state index in [2.05, 4.69) is 36.0 Å². The van der Waals surface area contributed by atoms with Gasteiger partial charge in [-0.2, -0.15) is 5.10 Å². The number of amides is 1. The third-order valence-electron chi connectivity index (χ3n) is 4.56. The van der Waals surface area contributed by atoms with Gasteiger partial charge in [-0.25, -0.2) is 4.98 Å². The molecule has 2 aromatic heterocycles. The normalized spacial score (nSPS) is 13.0. The van der Waals surface area contributed by atoms with Gasteiger partial charge in [-0.3, -0.25) is 14.7 Å². The van der Waals surface area contributed by atoms with Gasteiger partial charge in [0.15, 0.2) is 23.1 Å². The van der Waals surface area contributed by atoms with Crippen LogP contribution >= 0.6 is 0 Å². The summed E-state index contributed by atoms with van der Waals surface area (Å²) in [6.45, 7) is -0.730. The SMILES string of the molecule is COc1c(Nc2cc(NC(=O)C3CC3)nnc2C(=O)CO)cccc1-c1ncn[nH]1. The number of Topliss-reactive ketones (excluding diaryl/α,β-unsaturated/α-hetero) is 1. The molecule has 0 atom stereocenters. The number of nitrogens with one attached hydrogen (secondary N) is 3. The van der Waals surface area contributed by atoms with Gasteiger partial charge < -0.3 is 20.5 Å². The van der Waals surface area contributed by atoms with E-state index < -0.39 is 12.4 Å². The molecule has 1 amide bonds. The van der Waals surface area contributed by atoms with E-state index in [0.717, 1.165) is 12.8 Å². The number of hydrogen-bond acceptors (Lipinski definition) is 9. The van der Waals surface area contributed by atoms with Gasteiger partial charge in [0.05, 0.1) is 24.0 Å². The first-order valence-electron chi connectivity index (χ1n) is 9.23. The van der Waals surface area contributed by atoms with Crippen molar-refractivity contribution in [1.29, 1.82) is 0 Å². The van der Waals surface area contributed by atoms with Crippen molar-refractivity contribution in [3.8, 4) is 17.1 Å². The minimum absolute atomic E-state index is 0.0133. The number of benzene rings is 1. The number of methoxy groups -OCH3 is 1. The van der Waals surface area contributed by atoms with Gasteiger partial charge in [0.25, 0.3) is 0 Å². The van der Waals surface area contributed by atoms with Crippen LogP contribution in [0, 0.1) is 5.92 Å². The maximum atomic E-state index is 12.2. The number of hydrogen-bond donors (Lipinski definition) is 4. The van der Waals surface area contributed by atoms with Crippen molar-refractivity contribution in [2.24, 2.45) is 5.92 Å². The molecule has 0 bridgehead atoms. The van der Waals surface area contributed by atoms with Crippen molar-refractivity contribution in [2.45, 2.75) is 12.8 Å². The molecule has 1 aliphatic carbocycles. The molecule has 30 heavy (non-hydrogen) atoms. The maximum absolute atomic E-state index is 12.2. The smallest absolute Gasteiger partial charge is 0.228 e. The number of carbonyl (C=O) groups excluding carboxylic acids is 2. The summed E-state index contributed by atoms with van der Waals surface area (Å²) >= 11 is 0. The Morgan fingerprint density at radius 3 is 2.77 bits per heavy atom. The minimum atomic E-state index is -0.730. The highest BCUT2D eigenvalue weighted by atomic mass is 16.5. The first-order valence-corrected chi connectivity index (χ1v) is 9.23. The molecule has 0 radical (unpaired) electrons. The fourth-order valence-electron chi connectivity index (χ4n) is 2.92. The third kappa shape index (κ3) is 3.96. The standard InChI is InChI=1S/C19H19N7O4/c1-30-17-11(18-20-9-21-26-18)3-2-4-12(17)22-13-7-15(23-19(29)10-5-6-10)24-25-16(13)14(28)8-27/h2-4,7,9-10,27H,5-6,8H2,1H3,(H,20,21,26)(H2,22,23,24,29). The molecular formula is C19H19N7O4. The van der Waals surface area contributed by atoms with Crippen molar-refractivity contribution < 1.29 is 19.4 Å². The van der Waals surface area contributed by atoms with E-state index >= 15 is 0 Å². The van der Waals surface area contributed by atoms with Crippen LogP contribution in [-0.2, 0) is 4.79 Å². The number of aromatic amines is 1. The number of ether oxygens (including phenoxy) is 1. The van der Waals surface area contributed by atoms with Gasteiger partial charge in [0.2, 0.25) is 11.7 Å². The summed E-state index contributed by atoms with van der Waals surface area (Å²) in [5.74, 6) is 0.399. The molecule has 0 saturated heterocycles. The Hall–Kier alpha value is -3.86. The quantitative estimate of drug-likeness (QED) is 0.405. The molecule has 2 heterocycles. The Morgan fingerprint density at radius 2 is 2.10 bits per heavy atom. The zero-order valence-electron chi connectivity index (χ0n) is 16.0. The van der Waals surface area contributed by atoms with Crippen LogP contribution in [0.15, 0.2) is 30.6 Å². The topological polar surface area (TPSA) is 155 Å². The van der Waals surface area contributed by atoms with E-state index in [-0.39, 0.29) is 29.0 Å². The number of para-hydroxylation sites is 1. The predicted molar refractivity (Wildman–Crippen MR) is 106 cm³/mol. The average molecular weight is 409 g/mol. The van der Waals surface area contributed by atoms with Crippen molar-refractivity contribution in [3.05, 3.63) is 36.3 Å². The number of H-pyrrole nitrogens is 1. The number of carbonyl (C=O) groups is 2. The van der Waals surface area contributed by atoms with Crippen molar-refractivity contribution in [1.82, 2.24) is 25.4 Å². The lowest BCUT2D eigenvalue weighted by Gasteiger charge is -2.16. The van der Waals surface area contributed by atoms with E-state index in [9.17, 15) is 14.7 Å². The van der Waals surface area contributed by atoms with Crippen LogP contribution in [0.3, 0.4) is 0 Å². The summed E-state index contributed by atoms with van der Waals surface area (Å²) in [6, 6.07) is 6.82. The second-order valence-corrected chi connectivity index (χ2v) is 6.68.